The number of piperidine rings is 1. The molecule has 1 aliphatic rings. The highest BCUT2D eigenvalue weighted by molar-refractivity contribution is 7.98. The zero-order chi connectivity index (χ0) is 24.7. The quantitative estimate of drug-likeness (QED) is 0.565. The number of carbonyl (C=O) groups excluding carboxylic acids is 3. The van der Waals surface area contributed by atoms with Crippen LogP contribution in [0.15, 0.2) is 59.5 Å². The first-order valence-electron chi connectivity index (χ1n) is 11.5. The van der Waals surface area contributed by atoms with Gasteiger partial charge >= 0.3 is 6.03 Å². The average molecular weight is 483 g/mol. The Kier molecular flexibility index (Phi) is 8.61. The molecule has 1 aliphatic heterocycles. The average Bonchev–Trinajstić information content (AvgIpc) is 2.82. The van der Waals surface area contributed by atoms with E-state index in [1.54, 1.807) is 36.9 Å². The van der Waals surface area contributed by atoms with E-state index in [9.17, 15) is 14.4 Å². The number of amides is 4. The Morgan fingerprint density at radius 3 is 2.53 bits per heavy atom. The molecule has 3 rings (SSSR count). The second kappa shape index (κ2) is 11.4. The summed E-state index contributed by atoms with van der Waals surface area (Å²) in [5.74, 6) is -0.431. The van der Waals surface area contributed by atoms with Crippen molar-refractivity contribution < 1.29 is 14.4 Å². The predicted octanol–water partition coefficient (Wildman–Crippen LogP) is 4.60. The number of urea groups is 1. The molecule has 0 saturated carbocycles. The molecule has 8 heteroatoms. The van der Waals surface area contributed by atoms with Crippen LogP contribution in [0.2, 0.25) is 0 Å². The fourth-order valence-corrected chi connectivity index (χ4v) is 4.73. The Hall–Kier alpha value is -3.00. The summed E-state index contributed by atoms with van der Waals surface area (Å²) in [6.45, 7) is 7.21. The summed E-state index contributed by atoms with van der Waals surface area (Å²) in [7, 11) is 0. The Balaban J connectivity index is 1.69. The van der Waals surface area contributed by atoms with Gasteiger partial charge in [-0.2, -0.15) is 0 Å². The number of benzene rings is 2. The van der Waals surface area contributed by atoms with Crippen molar-refractivity contribution in [3.8, 4) is 0 Å². The van der Waals surface area contributed by atoms with Crippen LogP contribution >= 0.6 is 11.8 Å². The first kappa shape index (κ1) is 25.6. The van der Waals surface area contributed by atoms with Crippen LogP contribution in [0.5, 0.6) is 0 Å². The molecule has 1 heterocycles. The van der Waals surface area contributed by atoms with E-state index in [1.807, 2.05) is 47.6 Å². The Bertz CT molecular complexity index is 1010. The minimum Gasteiger partial charge on any atom is -0.340 e. The third-order valence-corrected chi connectivity index (χ3v) is 6.71. The topological polar surface area (TPSA) is 81.8 Å². The lowest BCUT2D eigenvalue weighted by molar-refractivity contribution is -0.136. The van der Waals surface area contributed by atoms with E-state index in [2.05, 4.69) is 24.5 Å². The summed E-state index contributed by atoms with van der Waals surface area (Å²) < 4.78 is 0. The lowest BCUT2D eigenvalue weighted by atomic mass is 9.84. The van der Waals surface area contributed by atoms with Gasteiger partial charge in [-0.25, -0.2) is 4.79 Å². The molecule has 2 N–H and O–H groups in total. The lowest BCUT2D eigenvalue weighted by Crippen LogP contribution is -2.55. The number of nitrogens with one attached hydrogen (secondary N) is 2. The molecule has 2 aromatic rings. The predicted molar refractivity (Wildman–Crippen MR) is 138 cm³/mol. The molecule has 1 unspecified atom stereocenters. The van der Waals surface area contributed by atoms with E-state index >= 15 is 0 Å². The second-order valence-corrected chi connectivity index (χ2v) is 10.2. The number of thioether (sulfide) groups is 1. The summed E-state index contributed by atoms with van der Waals surface area (Å²) in [5.41, 5.74) is 1.33. The van der Waals surface area contributed by atoms with Crippen molar-refractivity contribution in [2.24, 2.45) is 5.41 Å². The number of para-hydroxylation sites is 1. The van der Waals surface area contributed by atoms with Crippen LogP contribution in [0.3, 0.4) is 0 Å². The van der Waals surface area contributed by atoms with Crippen molar-refractivity contribution in [3.63, 3.8) is 0 Å². The van der Waals surface area contributed by atoms with Gasteiger partial charge in [0, 0.05) is 29.4 Å². The van der Waals surface area contributed by atoms with Gasteiger partial charge in [0.2, 0.25) is 11.8 Å². The van der Waals surface area contributed by atoms with Gasteiger partial charge in [0.05, 0.1) is 6.54 Å². The van der Waals surface area contributed by atoms with Gasteiger partial charge in [-0.05, 0) is 61.8 Å². The third-order valence-electron chi connectivity index (χ3n) is 5.99. The molecule has 34 heavy (non-hydrogen) atoms. The molecule has 0 aromatic heterocycles. The Morgan fingerprint density at radius 1 is 1.12 bits per heavy atom. The first-order valence-corrected chi connectivity index (χ1v) is 12.8. The van der Waals surface area contributed by atoms with Crippen LogP contribution in [-0.4, -0.2) is 54.7 Å². The van der Waals surface area contributed by atoms with Gasteiger partial charge in [-0.1, -0.05) is 38.1 Å². The summed E-state index contributed by atoms with van der Waals surface area (Å²) in [4.78, 5) is 43.4. The minimum absolute atomic E-state index is 0.0580. The maximum absolute atomic E-state index is 13.4. The first-order chi connectivity index (χ1) is 16.2. The van der Waals surface area contributed by atoms with Gasteiger partial charge in [0.1, 0.15) is 6.04 Å². The van der Waals surface area contributed by atoms with Crippen LogP contribution in [0, 0.1) is 5.41 Å². The van der Waals surface area contributed by atoms with Crippen LogP contribution in [0.25, 0.3) is 0 Å². The fraction of sp³-hybridized carbons (Fsp3) is 0.423. The van der Waals surface area contributed by atoms with Crippen LogP contribution in [0.4, 0.5) is 16.2 Å². The fourth-order valence-electron chi connectivity index (χ4n) is 4.28. The lowest BCUT2D eigenvalue weighted by Gasteiger charge is -2.40. The molecule has 1 fully saturated rings. The molecule has 0 aliphatic carbocycles. The van der Waals surface area contributed by atoms with Gasteiger partial charge in [0.25, 0.3) is 0 Å². The standard InChI is InChI=1S/C26H34N4O3S/c1-19(24(32)29-15-9-14-26(2,3)18-29)30(21-11-6-5-7-12-21)23(31)17-27-25(33)28-20-10-8-13-22(16-20)34-4/h5-8,10-13,16,19H,9,14-15,17-18H2,1-4H3,(H2,27,28,33). The highest BCUT2D eigenvalue weighted by Crippen LogP contribution is 2.29. The highest BCUT2D eigenvalue weighted by atomic mass is 32.2. The molecule has 0 spiro atoms. The highest BCUT2D eigenvalue weighted by Gasteiger charge is 2.35. The normalized spacial score (nSPS) is 15.8. The van der Waals surface area contributed by atoms with Gasteiger partial charge in [-0.15, -0.1) is 11.8 Å². The molecular weight excluding hydrogens is 448 g/mol. The van der Waals surface area contributed by atoms with E-state index in [1.165, 1.54) is 4.90 Å². The molecule has 182 valence electrons. The van der Waals surface area contributed by atoms with Crippen LogP contribution in [-0.2, 0) is 9.59 Å². The Morgan fingerprint density at radius 2 is 1.85 bits per heavy atom. The number of carbonyl (C=O) groups is 3. The largest absolute Gasteiger partial charge is 0.340 e. The SMILES string of the molecule is CSc1cccc(NC(=O)NCC(=O)N(c2ccccc2)C(C)C(=O)N2CCCC(C)(C)C2)c1. The van der Waals surface area contributed by atoms with Gasteiger partial charge < -0.3 is 15.5 Å². The van der Waals surface area contributed by atoms with E-state index in [0.717, 1.165) is 17.7 Å². The number of likely N-dealkylation sites (tertiary alicyclic amines) is 1. The maximum atomic E-state index is 13.4. The van der Waals surface area contributed by atoms with Crippen molar-refractivity contribution >= 4 is 41.0 Å². The van der Waals surface area contributed by atoms with Crippen molar-refractivity contribution in [2.75, 3.05) is 36.1 Å². The number of anilines is 2. The summed E-state index contributed by atoms with van der Waals surface area (Å²) in [5, 5.41) is 5.39. The summed E-state index contributed by atoms with van der Waals surface area (Å²) in [6.07, 6.45) is 3.99. The van der Waals surface area contributed by atoms with Gasteiger partial charge in [-0.3, -0.25) is 14.5 Å². The molecule has 0 radical (unpaired) electrons. The Labute approximate surface area is 206 Å². The van der Waals surface area contributed by atoms with Gasteiger partial charge in [0.15, 0.2) is 0 Å². The molecule has 2 aromatic carbocycles. The molecular formula is C26H34N4O3S. The second-order valence-electron chi connectivity index (χ2n) is 9.34. The zero-order valence-corrected chi connectivity index (χ0v) is 21.2. The number of hydrogen-bond acceptors (Lipinski definition) is 4. The number of nitrogens with zero attached hydrogens (tertiary/aromatic N) is 2. The van der Waals surface area contributed by atoms with Crippen LogP contribution in [0.1, 0.15) is 33.6 Å². The van der Waals surface area contributed by atoms with Crippen molar-refractivity contribution in [3.05, 3.63) is 54.6 Å². The number of rotatable bonds is 7. The van der Waals surface area contributed by atoms with Crippen molar-refractivity contribution in [1.29, 1.82) is 0 Å². The van der Waals surface area contributed by atoms with E-state index in [4.69, 9.17) is 0 Å². The van der Waals surface area contributed by atoms with Crippen LogP contribution < -0.4 is 15.5 Å². The third kappa shape index (κ3) is 6.76. The molecule has 1 atom stereocenters. The molecule has 1 saturated heterocycles. The van der Waals surface area contributed by atoms with E-state index in [-0.39, 0.29) is 23.8 Å². The van der Waals surface area contributed by atoms with E-state index < -0.39 is 12.1 Å². The zero-order valence-electron chi connectivity index (χ0n) is 20.3. The maximum Gasteiger partial charge on any atom is 0.319 e. The molecule has 4 amide bonds. The van der Waals surface area contributed by atoms with Crippen molar-refractivity contribution in [2.45, 2.75) is 44.6 Å². The number of hydrogen-bond donors (Lipinski definition) is 2. The monoisotopic (exact) mass is 482 g/mol. The molecule has 7 nitrogen and oxygen atoms in total. The summed E-state index contributed by atoms with van der Waals surface area (Å²) in [6, 6.07) is 15.4. The molecule has 0 bridgehead atoms. The smallest absolute Gasteiger partial charge is 0.319 e. The minimum atomic E-state index is -0.688. The summed E-state index contributed by atoms with van der Waals surface area (Å²) >= 11 is 1.58. The van der Waals surface area contributed by atoms with Crippen molar-refractivity contribution in [1.82, 2.24) is 10.2 Å². The van der Waals surface area contributed by atoms with E-state index in [0.29, 0.717) is 24.5 Å².